The van der Waals surface area contributed by atoms with Crippen LogP contribution in [0.1, 0.15) is 36.5 Å². The molecule has 0 radical (unpaired) electrons. The number of ether oxygens (including phenoxy) is 1. The number of carbonyl (C=O) groups excluding carboxylic acids is 2. The first-order valence-corrected chi connectivity index (χ1v) is 9.62. The van der Waals surface area contributed by atoms with Gasteiger partial charge in [-0.2, -0.15) is 0 Å². The second kappa shape index (κ2) is 9.20. The zero-order chi connectivity index (χ0) is 22.5. The van der Waals surface area contributed by atoms with Crippen molar-refractivity contribution in [2.24, 2.45) is 0 Å². The van der Waals surface area contributed by atoms with Gasteiger partial charge in [0.1, 0.15) is 5.75 Å². The summed E-state index contributed by atoms with van der Waals surface area (Å²) in [7, 11) is 0. The Balaban J connectivity index is 1.87. The highest BCUT2D eigenvalue weighted by Crippen LogP contribution is 2.35. The number of anilines is 2. The molecule has 11 heteroatoms. The molecule has 2 aromatic carbocycles. The predicted molar refractivity (Wildman–Crippen MR) is 112 cm³/mol. The van der Waals surface area contributed by atoms with Gasteiger partial charge in [-0.1, -0.05) is 19.8 Å². The van der Waals surface area contributed by atoms with Gasteiger partial charge >= 0.3 is 0 Å². The molecule has 1 N–H and O–H groups in total. The number of nitro benzene ring substituents is 2. The van der Waals surface area contributed by atoms with E-state index in [4.69, 9.17) is 4.74 Å². The molecule has 1 heterocycles. The molecule has 0 saturated heterocycles. The van der Waals surface area contributed by atoms with Gasteiger partial charge in [0, 0.05) is 24.4 Å². The Kier molecular flexibility index (Phi) is 6.43. The van der Waals surface area contributed by atoms with E-state index < -0.39 is 27.1 Å². The third-order valence-electron chi connectivity index (χ3n) is 4.73. The highest BCUT2D eigenvalue weighted by molar-refractivity contribution is 6.06. The van der Waals surface area contributed by atoms with E-state index in [2.05, 4.69) is 12.2 Å². The van der Waals surface area contributed by atoms with Gasteiger partial charge in [0.25, 0.3) is 23.2 Å². The molecule has 0 bridgehead atoms. The van der Waals surface area contributed by atoms with Crippen molar-refractivity contribution in [1.82, 2.24) is 0 Å². The van der Waals surface area contributed by atoms with Crippen LogP contribution in [0.15, 0.2) is 36.4 Å². The highest BCUT2D eigenvalue weighted by Gasteiger charge is 2.26. The minimum Gasteiger partial charge on any atom is -0.482 e. The van der Waals surface area contributed by atoms with Crippen molar-refractivity contribution in [3.8, 4) is 5.75 Å². The number of carbonyl (C=O) groups is 2. The van der Waals surface area contributed by atoms with E-state index in [1.807, 2.05) is 0 Å². The predicted octanol–water partition coefficient (Wildman–Crippen LogP) is 3.67. The number of hydrogen-bond donors (Lipinski definition) is 1. The summed E-state index contributed by atoms with van der Waals surface area (Å²) in [5.74, 6) is -0.450. The summed E-state index contributed by atoms with van der Waals surface area (Å²) in [6.07, 6.45) is 2.77. The number of nitro groups is 2. The van der Waals surface area contributed by atoms with Crippen LogP contribution in [0.4, 0.5) is 22.7 Å². The van der Waals surface area contributed by atoms with Crippen molar-refractivity contribution < 1.29 is 24.2 Å². The van der Waals surface area contributed by atoms with Crippen LogP contribution in [-0.4, -0.2) is 34.8 Å². The Morgan fingerprint density at radius 3 is 2.39 bits per heavy atom. The first kappa shape index (κ1) is 21.7. The van der Waals surface area contributed by atoms with Crippen molar-refractivity contribution in [2.45, 2.75) is 26.2 Å². The molecule has 1 aliphatic rings. The van der Waals surface area contributed by atoms with Gasteiger partial charge in [0.2, 0.25) is 0 Å². The van der Waals surface area contributed by atoms with Gasteiger partial charge in [-0.25, -0.2) is 0 Å². The lowest BCUT2D eigenvalue weighted by Gasteiger charge is -2.29. The van der Waals surface area contributed by atoms with Crippen molar-refractivity contribution >= 4 is 34.6 Å². The minimum atomic E-state index is -0.806. The molecule has 0 aromatic heterocycles. The second-order valence-corrected chi connectivity index (χ2v) is 6.93. The fourth-order valence-corrected chi connectivity index (χ4v) is 3.19. The van der Waals surface area contributed by atoms with Crippen LogP contribution in [0, 0.1) is 20.2 Å². The van der Waals surface area contributed by atoms with Crippen LogP contribution in [0.25, 0.3) is 0 Å². The van der Waals surface area contributed by atoms with Crippen LogP contribution in [0.5, 0.6) is 5.75 Å². The lowest BCUT2D eigenvalue weighted by molar-refractivity contribution is -0.394. The number of unbranched alkanes of at least 4 members (excludes halogenated alkanes) is 2. The quantitative estimate of drug-likeness (QED) is 0.383. The molecule has 162 valence electrons. The molecule has 31 heavy (non-hydrogen) atoms. The molecule has 0 saturated carbocycles. The summed E-state index contributed by atoms with van der Waals surface area (Å²) >= 11 is 0. The van der Waals surface area contributed by atoms with Gasteiger partial charge in [0.15, 0.2) is 6.61 Å². The number of amides is 2. The summed E-state index contributed by atoms with van der Waals surface area (Å²) in [6, 6.07) is 7.45. The Morgan fingerprint density at radius 2 is 1.77 bits per heavy atom. The molecule has 0 fully saturated rings. The average molecular weight is 428 g/mol. The van der Waals surface area contributed by atoms with Crippen molar-refractivity contribution in [1.29, 1.82) is 0 Å². The normalized spacial score (nSPS) is 12.7. The van der Waals surface area contributed by atoms with Gasteiger partial charge in [-0.05, 0) is 24.6 Å². The summed E-state index contributed by atoms with van der Waals surface area (Å²) in [5, 5.41) is 24.7. The maximum Gasteiger partial charge on any atom is 0.277 e. The van der Waals surface area contributed by atoms with Gasteiger partial charge in [-0.3, -0.25) is 29.8 Å². The van der Waals surface area contributed by atoms with E-state index in [-0.39, 0.29) is 18.1 Å². The summed E-state index contributed by atoms with van der Waals surface area (Å²) in [6.45, 7) is 2.50. The zero-order valence-corrected chi connectivity index (χ0v) is 16.7. The van der Waals surface area contributed by atoms with E-state index in [0.29, 0.717) is 23.7 Å². The first-order chi connectivity index (χ1) is 14.8. The third kappa shape index (κ3) is 4.94. The number of hydrogen-bond acceptors (Lipinski definition) is 7. The molecule has 0 atom stereocenters. The van der Waals surface area contributed by atoms with Gasteiger partial charge in [-0.15, -0.1) is 0 Å². The van der Waals surface area contributed by atoms with E-state index in [1.54, 1.807) is 23.1 Å². The molecule has 0 unspecified atom stereocenters. The largest absolute Gasteiger partial charge is 0.482 e. The number of fused-ring (bicyclic) bond motifs is 1. The number of non-ortho nitro benzene ring substituents is 2. The highest BCUT2D eigenvalue weighted by atomic mass is 16.6. The van der Waals surface area contributed by atoms with Crippen molar-refractivity contribution in [2.75, 3.05) is 23.4 Å². The molecular weight excluding hydrogens is 408 g/mol. The molecule has 1 aliphatic heterocycles. The van der Waals surface area contributed by atoms with Crippen molar-refractivity contribution in [3.05, 3.63) is 62.2 Å². The molecule has 0 spiro atoms. The molecule has 3 rings (SSSR count). The molecule has 11 nitrogen and oxygen atoms in total. The van der Waals surface area contributed by atoms with Crippen LogP contribution < -0.4 is 15.0 Å². The Labute approximate surface area is 176 Å². The van der Waals surface area contributed by atoms with Crippen LogP contribution in [0.2, 0.25) is 0 Å². The number of benzene rings is 2. The summed E-state index contributed by atoms with van der Waals surface area (Å²) in [4.78, 5) is 47.0. The van der Waals surface area contributed by atoms with Crippen LogP contribution >= 0.6 is 0 Å². The van der Waals surface area contributed by atoms with Crippen LogP contribution in [0.3, 0.4) is 0 Å². The lowest BCUT2D eigenvalue weighted by Crippen LogP contribution is -2.39. The molecular formula is C20H20N4O7. The average Bonchev–Trinajstić information content (AvgIpc) is 2.75. The SMILES string of the molecule is CCCCCN1C(=O)COc2ccc(NC(=O)c3cc([N+](=O)[O-])cc([N+](=O)[O-])c3)cc21. The maximum atomic E-state index is 12.6. The Morgan fingerprint density at radius 1 is 1.10 bits per heavy atom. The molecule has 2 aromatic rings. The fraction of sp³-hybridized carbons (Fsp3) is 0.300. The topological polar surface area (TPSA) is 145 Å². The monoisotopic (exact) mass is 428 g/mol. The summed E-state index contributed by atoms with van der Waals surface area (Å²) < 4.78 is 5.45. The smallest absolute Gasteiger partial charge is 0.277 e. The fourth-order valence-electron chi connectivity index (χ4n) is 3.19. The number of rotatable bonds is 8. The number of nitrogens with one attached hydrogen (secondary N) is 1. The van der Waals surface area contributed by atoms with Crippen molar-refractivity contribution in [3.63, 3.8) is 0 Å². The summed E-state index contributed by atoms with van der Waals surface area (Å²) in [5.41, 5.74) is -0.533. The third-order valence-corrected chi connectivity index (χ3v) is 4.73. The van der Waals surface area contributed by atoms with Gasteiger partial charge < -0.3 is 15.0 Å². The van der Waals surface area contributed by atoms with E-state index >= 15 is 0 Å². The molecule has 0 aliphatic carbocycles. The Hall–Kier alpha value is -4.02. The standard InChI is InChI=1S/C20H20N4O7/c1-2-3-4-7-22-17-10-14(5-6-18(17)31-12-19(22)25)21-20(26)13-8-15(23(27)28)11-16(9-13)24(29)30/h5-6,8-11H,2-4,7,12H2,1H3,(H,21,26). The van der Waals surface area contributed by atoms with Crippen LogP contribution in [-0.2, 0) is 4.79 Å². The number of nitrogens with zero attached hydrogens (tertiary/aromatic N) is 3. The van der Waals surface area contributed by atoms with E-state index in [9.17, 15) is 29.8 Å². The molecule has 2 amide bonds. The van der Waals surface area contributed by atoms with E-state index in [0.717, 1.165) is 37.5 Å². The first-order valence-electron chi connectivity index (χ1n) is 9.62. The maximum absolute atomic E-state index is 12.6. The second-order valence-electron chi connectivity index (χ2n) is 6.93. The van der Waals surface area contributed by atoms with E-state index in [1.165, 1.54) is 0 Å². The Bertz CT molecular complexity index is 1020. The zero-order valence-electron chi connectivity index (χ0n) is 16.7. The lowest BCUT2D eigenvalue weighted by atomic mass is 10.1. The minimum absolute atomic E-state index is 0.0673. The van der Waals surface area contributed by atoms with Gasteiger partial charge in [0.05, 0.1) is 27.2 Å².